The van der Waals surface area contributed by atoms with Gasteiger partial charge in [0.15, 0.2) is 0 Å². The van der Waals surface area contributed by atoms with Crippen LogP contribution in [0, 0.1) is 0 Å². The van der Waals surface area contributed by atoms with Crippen LogP contribution in [-0.2, 0) is 12.8 Å². The number of rotatable bonds is 2. The number of hydrogen-bond donors (Lipinski definition) is 1. The Kier molecular flexibility index (Phi) is 2.78. The van der Waals surface area contributed by atoms with Crippen molar-refractivity contribution < 1.29 is 4.74 Å². The Labute approximate surface area is 111 Å². The number of hydrogen-bond acceptors (Lipinski definition) is 3. The lowest BCUT2D eigenvalue weighted by molar-refractivity contribution is 0.415. The van der Waals surface area contributed by atoms with Crippen LogP contribution in [0.3, 0.4) is 0 Å². The topological polar surface area (TPSA) is 34.2 Å². The van der Waals surface area contributed by atoms with E-state index in [1.807, 2.05) is 19.2 Å². The molecule has 0 spiro atoms. The first-order valence-corrected chi connectivity index (χ1v) is 6.49. The summed E-state index contributed by atoms with van der Waals surface area (Å²) in [5, 5.41) is 4.99. The molecule has 0 bridgehead atoms. The van der Waals surface area contributed by atoms with Gasteiger partial charge in [0, 0.05) is 29.9 Å². The van der Waals surface area contributed by atoms with Crippen molar-refractivity contribution in [2.75, 3.05) is 19.5 Å². The third kappa shape index (κ3) is 1.62. The average Bonchev–Trinajstić information content (AvgIpc) is 2.83. The molecule has 1 heterocycles. The first-order valence-electron chi connectivity index (χ1n) is 6.11. The van der Waals surface area contributed by atoms with Crippen LogP contribution >= 0.6 is 11.6 Å². The molecule has 1 N–H and O–H groups in total. The van der Waals surface area contributed by atoms with E-state index in [4.69, 9.17) is 21.3 Å². The summed E-state index contributed by atoms with van der Waals surface area (Å²) >= 11 is 6.20. The minimum atomic E-state index is 0.626. The maximum absolute atomic E-state index is 6.20. The third-order valence-electron chi connectivity index (χ3n) is 3.54. The smallest absolute Gasteiger partial charge is 0.139 e. The summed E-state index contributed by atoms with van der Waals surface area (Å²) in [6.45, 7) is 0. The van der Waals surface area contributed by atoms with Crippen molar-refractivity contribution in [3.05, 3.63) is 28.4 Å². The minimum absolute atomic E-state index is 0.626. The molecule has 0 saturated carbocycles. The molecule has 2 aromatic rings. The van der Waals surface area contributed by atoms with E-state index in [-0.39, 0.29) is 0 Å². The fourth-order valence-corrected chi connectivity index (χ4v) is 2.95. The fourth-order valence-electron chi connectivity index (χ4n) is 2.71. The zero-order valence-corrected chi connectivity index (χ0v) is 11.3. The average molecular weight is 263 g/mol. The summed E-state index contributed by atoms with van der Waals surface area (Å²) in [5.74, 6) is 0.677. The highest BCUT2D eigenvalue weighted by Crippen LogP contribution is 2.37. The molecule has 1 aliphatic rings. The van der Waals surface area contributed by atoms with Gasteiger partial charge in [-0.2, -0.15) is 0 Å². The van der Waals surface area contributed by atoms with Gasteiger partial charge in [0.1, 0.15) is 5.75 Å². The standard InChI is InChI=1S/C14H15ClN2O/c1-16-14-8-4-3-5-11(8)17-12-7-13(18-2)10(15)6-9(12)14/h6-7H,3-5H2,1-2H3,(H,16,17). The van der Waals surface area contributed by atoms with Crippen LogP contribution in [0.5, 0.6) is 5.75 Å². The first-order chi connectivity index (χ1) is 8.74. The van der Waals surface area contributed by atoms with Crippen molar-refractivity contribution in [2.24, 2.45) is 0 Å². The Hall–Kier alpha value is -1.48. The van der Waals surface area contributed by atoms with Crippen molar-refractivity contribution in [3.8, 4) is 5.75 Å². The summed E-state index contributed by atoms with van der Waals surface area (Å²) in [6, 6.07) is 3.85. The van der Waals surface area contributed by atoms with Crippen LogP contribution < -0.4 is 10.1 Å². The molecular weight excluding hydrogens is 248 g/mol. The molecule has 0 amide bonds. The van der Waals surface area contributed by atoms with E-state index >= 15 is 0 Å². The molecule has 0 atom stereocenters. The zero-order chi connectivity index (χ0) is 12.7. The predicted octanol–water partition coefficient (Wildman–Crippen LogP) is 3.43. The number of aryl methyl sites for hydroxylation is 1. The molecule has 18 heavy (non-hydrogen) atoms. The molecule has 4 heteroatoms. The van der Waals surface area contributed by atoms with Gasteiger partial charge in [-0.1, -0.05) is 11.6 Å². The van der Waals surface area contributed by atoms with Crippen LogP contribution in [0.4, 0.5) is 5.69 Å². The van der Waals surface area contributed by atoms with Gasteiger partial charge in [-0.3, -0.25) is 4.98 Å². The van der Waals surface area contributed by atoms with E-state index in [1.54, 1.807) is 7.11 Å². The summed E-state index contributed by atoms with van der Waals surface area (Å²) in [6.07, 6.45) is 3.33. The Morgan fingerprint density at radius 3 is 2.89 bits per heavy atom. The number of aromatic nitrogens is 1. The number of fused-ring (bicyclic) bond motifs is 2. The molecule has 3 nitrogen and oxygen atoms in total. The maximum Gasteiger partial charge on any atom is 0.139 e. The Balaban J connectivity index is 2.36. The molecule has 0 aliphatic heterocycles. The lowest BCUT2D eigenvalue weighted by Crippen LogP contribution is -2.00. The lowest BCUT2D eigenvalue weighted by Gasteiger charge is -2.13. The number of pyridine rings is 1. The van der Waals surface area contributed by atoms with Crippen LogP contribution in [0.15, 0.2) is 12.1 Å². The molecule has 0 radical (unpaired) electrons. The van der Waals surface area contributed by atoms with Crippen molar-refractivity contribution in [1.29, 1.82) is 0 Å². The van der Waals surface area contributed by atoms with E-state index in [2.05, 4.69) is 5.32 Å². The highest BCUT2D eigenvalue weighted by molar-refractivity contribution is 6.33. The number of methoxy groups -OCH3 is 1. The normalized spacial score (nSPS) is 13.7. The predicted molar refractivity (Wildman–Crippen MR) is 74.9 cm³/mol. The number of ether oxygens (including phenoxy) is 1. The van der Waals surface area contributed by atoms with Crippen molar-refractivity contribution >= 4 is 28.2 Å². The van der Waals surface area contributed by atoms with Crippen molar-refractivity contribution in [3.63, 3.8) is 0 Å². The number of anilines is 1. The van der Waals surface area contributed by atoms with Gasteiger partial charge in [-0.15, -0.1) is 0 Å². The van der Waals surface area contributed by atoms with Crippen molar-refractivity contribution in [1.82, 2.24) is 4.98 Å². The van der Waals surface area contributed by atoms with E-state index < -0.39 is 0 Å². The van der Waals surface area contributed by atoms with Crippen molar-refractivity contribution in [2.45, 2.75) is 19.3 Å². The molecule has 0 unspecified atom stereocenters. The monoisotopic (exact) mass is 262 g/mol. The zero-order valence-electron chi connectivity index (χ0n) is 10.5. The highest BCUT2D eigenvalue weighted by atomic mass is 35.5. The van der Waals surface area contributed by atoms with Gasteiger partial charge in [-0.05, 0) is 30.9 Å². The summed E-state index contributed by atoms with van der Waals surface area (Å²) in [4.78, 5) is 4.74. The lowest BCUT2D eigenvalue weighted by atomic mass is 10.1. The second-order valence-corrected chi connectivity index (χ2v) is 4.93. The second-order valence-electron chi connectivity index (χ2n) is 4.52. The molecule has 1 aromatic heterocycles. The van der Waals surface area contributed by atoms with Gasteiger partial charge in [0.05, 0.1) is 17.6 Å². The van der Waals surface area contributed by atoms with Gasteiger partial charge in [0.25, 0.3) is 0 Å². The number of halogens is 1. The second kappa shape index (κ2) is 4.32. The van der Waals surface area contributed by atoms with Gasteiger partial charge in [0.2, 0.25) is 0 Å². The Bertz CT molecular complexity index is 620. The summed E-state index contributed by atoms with van der Waals surface area (Å²) < 4.78 is 5.25. The molecule has 1 aliphatic carbocycles. The van der Waals surface area contributed by atoms with Crippen LogP contribution in [0.25, 0.3) is 10.9 Å². The molecule has 0 saturated heterocycles. The minimum Gasteiger partial charge on any atom is -0.495 e. The third-order valence-corrected chi connectivity index (χ3v) is 3.83. The first kappa shape index (κ1) is 11.6. The van der Waals surface area contributed by atoms with E-state index in [0.717, 1.165) is 29.4 Å². The molecule has 0 fully saturated rings. The largest absolute Gasteiger partial charge is 0.495 e. The number of nitrogens with one attached hydrogen (secondary N) is 1. The van der Waals surface area contributed by atoms with E-state index in [9.17, 15) is 0 Å². The van der Waals surface area contributed by atoms with Gasteiger partial charge in [-0.25, -0.2) is 0 Å². The highest BCUT2D eigenvalue weighted by Gasteiger charge is 2.19. The fraction of sp³-hybridized carbons (Fsp3) is 0.357. The molecular formula is C14H15ClN2O. The van der Waals surface area contributed by atoms with Crippen LogP contribution in [0.2, 0.25) is 5.02 Å². The van der Waals surface area contributed by atoms with Gasteiger partial charge >= 0.3 is 0 Å². The number of nitrogens with zero attached hydrogens (tertiary/aromatic N) is 1. The molecule has 94 valence electrons. The Morgan fingerprint density at radius 1 is 1.33 bits per heavy atom. The van der Waals surface area contributed by atoms with E-state index in [0.29, 0.717) is 10.8 Å². The molecule has 1 aromatic carbocycles. The van der Waals surface area contributed by atoms with Crippen LogP contribution in [-0.4, -0.2) is 19.1 Å². The van der Waals surface area contributed by atoms with E-state index in [1.165, 1.54) is 17.7 Å². The van der Waals surface area contributed by atoms with Gasteiger partial charge < -0.3 is 10.1 Å². The Morgan fingerprint density at radius 2 is 2.17 bits per heavy atom. The number of benzene rings is 1. The summed E-state index contributed by atoms with van der Waals surface area (Å²) in [7, 11) is 3.57. The quantitative estimate of drug-likeness (QED) is 0.900. The summed E-state index contributed by atoms with van der Waals surface area (Å²) in [5.41, 5.74) is 4.65. The molecule has 3 rings (SSSR count). The maximum atomic E-state index is 6.20. The SMILES string of the molecule is CNc1c2c(nc3cc(OC)c(Cl)cc13)CCC2. The van der Waals surface area contributed by atoms with Crippen LogP contribution in [0.1, 0.15) is 17.7 Å².